The van der Waals surface area contributed by atoms with Gasteiger partial charge >= 0.3 is 0 Å². The average molecular weight is 462 g/mol. The summed E-state index contributed by atoms with van der Waals surface area (Å²) < 4.78 is 15.4. The molecule has 1 aromatic heterocycles. The van der Waals surface area contributed by atoms with Gasteiger partial charge in [-0.1, -0.05) is 49.0 Å². The number of nitrogens with zero attached hydrogens (tertiary/aromatic N) is 2. The molecule has 0 atom stereocenters. The molecular formula is C26H24FN3O2S. The van der Waals surface area contributed by atoms with E-state index in [1.165, 1.54) is 28.5 Å². The highest BCUT2D eigenvalue weighted by atomic mass is 32.2. The van der Waals surface area contributed by atoms with Gasteiger partial charge in [0.1, 0.15) is 5.82 Å². The summed E-state index contributed by atoms with van der Waals surface area (Å²) in [6, 6.07) is 18.8. The van der Waals surface area contributed by atoms with Crippen LogP contribution < -0.4 is 10.9 Å². The summed E-state index contributed by atoms with van der Waals surface area (Å²) >= 11 is 1.40. The van der Waals surface area contributed by atoms with E-state index in [9.17, 15) is 14.0 Å². The summed E-state index contributed by atoms with van der Waals surface area (Å²) in [4.78, 5) is 30.6. The Bertz CT molecular complexity index is 1380. The molecular weight excluding hydrogens is 437 g/mol. The van der Waals surface area contributed by atoms with Gasteiger partial charge in [0.2, 0.25) is 0 Å². The summed E-state index contributed by atoms with van der Waals surface area (Å²) in [5.74, 6) is -0.0439. The molecule has 1 heterocycles. The summed E-state index contributed by atoms with van der Waals surface area (Å²) in [6.07, 6.45) is 0.829. The largest absolute Gasteiger partial charge is 0.352 e. The van der Waals surface area contributed by atoms with Gasteiger partial charge in [0, 0.05) is 17.9 Å². The summed E-state index contributed by atoms with van der Waals surface area (Å²) in [6.45, 7) is 4.59. The van der Waals surface area contributed by atoms with E-state index in [4.69, 9.17) is 4.98 Å². The molecule has 0 aliphatic carbocycles. The molecule has 168 valence electrons. The number of carbonyl (C=O) groups excluding carboxylic acids is 1. The molecule has 0 aliphatic rings. The number of aryl methyl sites for hydroxylation is 1. The molecule has 4 aromatic rings. The van der Waals surface area contributed by atoms with Crippen LogP contribution in [0.1, 0.15) is 34.8 Å². The van der Waals surface area contributed by atoms with E-state index >= 15 is 0 Å². The highest BCUT2D eigenvalue weighted by Crippen LogP contribution is 2.26. The number of carbonyl (C=O) groups is 1. The van der Waals surface area contributed by atoms with E-state index < -0.39 is 5.82 Å². The van der Waals surface area contributed by atoms with Gasteiger partial charge in [-0.2, -0.15) is 0 Å². The predicted octanol–water partition coefficient (Wildman–Crippen LogP) is 5.27. The third kappa shape index (κ3) is 4.98. The molecule has 0 fully saturated rings. The number of aromatic nitrogens is 2. The van der Waals surface area contributed by atoms with Crippen LogP contribution >= 0.6 is 11.8 Å². The highest BCUT2D eigenvalue weighted by Gasteiger charge is 2.16. The van der Waals surface area contributed by atoms with Crippen molar-refractivity contribution in [1.29, 1.82) is 0 Å². The maximum atomic E-state index is 14.0. The second kappa shape index (κ2) is 10.0. The normalized spacial score (nSPS) is 11.0. The Morgan fingerprint density at radius 1 is 1.09 bits per heavy atom. The minimum absolute atomic E-state index is 0.205. The van der Waals surface area contributed by atoms with Crippen LogP contribution in [0.25, 0.3) is 16.6 Å². The van der Waals surface area contributed by atoms with Crippen molar-refractivity contribution in [2.45, 2.75) is 31.2 Å². The first kappa shape index (κ1) is 22.7. The maximum Gasteiger partial charge on any atom is 0.266 e. The second-order valence-corrected chi connectivity index (χ2v) is 8.66. The van der Waals surface area contributed by atoms with Crippen molar-refractivity contribution in [2.24, 2.45) is 0 Å². The lowest BCUT2D eigenvalue weighted by molar-refractivity contribution is 0.0953. The molecule has 1 N–H and O–H groups in total. The summed E-state index contributed by atoms with van der Waals surface area (Å²) in [5.41, 5.74) is 3.24. The van der Waals surface area contributed by atoms with E-state index in [-0.39, 0.29) is 11.5 Å². The molecule has 1 amide bonds. The summed E-state index contributed by atoms with van der Waals surface area (Å²) in [7, 11) is 0. The van der Waals surface area contributed by atoms with Gasteiger partial charge in [-0.3, -0.25) is 14.2 Å². The lowest BCUT2D eigenvalue weighted by atomic mass is 10.1. The molecule has 3 aromatic carbocycles. The highest BCUT2D eigenvalue weighted by molar-refractivity contribution is 7.98. The van der Waals surface area contributed by atoms with Crippen molar-refractivity contribution in [3.8, 4) is 5.69 Å². The fourth-order valence-electron chi connectivity index (χ4n) is 3.50. The van der Waals surface area contributed by atoms with Crippen LogP contribution in [0, 0.1) is 12.7 Å². The maximum absolute atomic E-state index is 14.0. The number of hydrogen-bond donors (Lipinski definition) is 1. The van der Waals surface area contributed by atoms with Crippen molar-refractivity contribution >= 4 is 28.6 Å². The predicted molar refractivity (Wildman–Crippen MR) is 131 cm³/mol. The third-order valence-corrected chi connectivity index (χ3v) is 6.31. The first-order chi connectivity index (χ1) is 16.0. The Morgan fingerprint density at radius 3 is 2.67 bits per heavy atom. The van der Waals surface area contributed by atoms with Gasteiger partial charge in [0.05, 0.1) is 16.6 Å². The number of nitrogens with one attached hydrogen (secondary N) is 1. The van der Waals surface area contributed by atoms with Gasteiger partial charge in [-0.05, 0) is 60.9 Å². The first-order valence-corrected chi connectivity index (χ1v) is 11.7. The van der Waals surface area contributed by atoms with E-state index in [2.05, 4.69) is 5.32 Å². The zero-order chi connectivity index (χ0) is 23.4. The lowest BCUT2D eigenvalue weighted by Crippen LogP contribution is -2.25. The molecule has 0 unspecified atom stereocenters. The molecule has 7 heteroatoms. The fraction of sp³-hybridized carbons (Fsp3) is 0.192. The van der Waals surface area contributed by atoms with Crippen LogP contribution in [0.3, 0.4) is 0 Å². The Hall–Kier alpha value is -3.45. The van der Waals surface area contributed by atoms with Gasteiger partial charge in [-0.25, -0.2) is 9.37 Å². The van der Waals surface area contributed by atoms with Gasteiger partial charge < -0.3 is 5.32 Å². The van der Waals surface area contributed by atoms with Crippen LogP contribution in [0.5, 0.6) is 0 Å². The zero-order valence-electron chi connectivity index (χ0n) is 18.5. The Balaban J connectivity index is 1.83. The number of thioether (sulfide) groups is 1. The molecule has 0 saturated heterocycles. The van der Waals surface area contributed by atoms with Crippen molar-refractivity contribution in [3.63, 3.8) is 0 Å². The molecule has 0 aliphatic heterocycles. The third-order valence-electron chi connectivity index (χ3n) is 5.32. The Morgan fingerprint density at radius 2 is 1.91 bits per heavy atom. The van der Waals surface area contributed by atoms with Gasteiger partial charge in [0.15, 0.2) is 5.16 Å². The van der Waals surface area contributed by atoms with Crippen LogP contribution in [-0.4, -0.2) is 22.0 Å². The smallest absolute Gasteiger partial charge is 0.266 e. The van der Waals surface area contributed by atoms with Gasteiger partial charge in [0.25, 0.3) is 11.5 Å². The molecule has 33 heavy (non-hydrogen) atoms. The van der Waals surface area contributed by atoms with E-state index in [0.717, 1.165) is 17.5 Å². The lowest BCUT2D eigenvalue weighted by Gasteiger charge is -2.14. The average Bonchev–Trinajstić information content (AvgIpc) is 2.81. The molecule has 0 bridgehead atoms. The molecule has 0 spiro atoms. The number of fused-ring (bicyclic) bond motifs is 1. The van der Waals surface area contributed by atoms with Crippen molar-refractivity contribution in [1.82, 2.24) is 14.9 Å². The first-order valence-electron chi connectivity index (χ1n) is 10.8. The Labute approximate surface area is 195 Å². The fourth-order valence-corrected chi connectivity index (χ4v) is 4.59. The molecule has 5 nitrogen and oxygen atoms in total. The minimum atomic E-state index is -0.433. The van der Waals surface area contributed by atoms with Crippen LogP contribution in [0.4, 0.5) is 4.39 Å². The monoisotopic (exact) mass is 461 g/mol. The van der Waals surface area contributed by atoms with E-state index in [1.54, 1.807) is 30.3 Å². The minimum Gasteiger partial charge on any atom is -0.352 e. The van der Waals surface area contributed by atoms with Crippen LogP contribution in [-0.2, 0) is 5.75 Å². The number of amides is 1. The van der Waals surface area contributed by atoms with Crippen LogP contribution in [0.2, 0.25) is 0 Å². The summed E-state index contributed by atoms with van der Waals surface area (Å²) in [5, 5.41) is 3.65. The standard InChI is InChI=1S/C26H24FN3O2S/c1-3-13-28-24(31)18-11-12-22-23(14-18)29-26(33-16-19-8-5-4-7-17(19)2)30(25(22)32)21-10-6-9-20(27)15-21/h4-12,14-15H,3,13,16H2,1-2H3,(H,28,31). The molecule has 0 radical (unpaired) electrons. The SMILES string of the molecule is CCCNC(=O)c1ccc2c(=O)n(-c3cccc(F)c3)c(SCc3ccccc3C)nc2c1. The Kier molecular flexibility index (Phi) is 6.89. The molecule has 4 rings (SSSR count). The molecule has 0 saturated carbocycles. The number of rotatable bonds is 7. The zero-order valence-corrected chi connectivity index (χ0v) is 19.3. The van der Waals surface area contributed by atoms with E-state index in [0.29, 0.717) is 39.6 Å². The van der Waals surface area contributed by atoms with Gasteiger partial charge in [-0.15, -0.1) is 0 Å². The van der Waals surface area contributed by atoms with Crippen molar-refractivity contribution in [3.05, 3.63) is 99.6 Å². The van der Waals surface area contributed by atoms with Crippen molar-refractivity contribution in [2.75, 3.05) is 6.54 Å². The second-order valence-electron chi connectivity index (χ2n) is 7.72. The quantitative estimate of drug-likeness (QED) is 0.301. The van der Waals surface area contributed by atoms with Crippen LogP contribution in [0.15, 0.2) is 76.7 Å². The number of halogens is 1. The number of hydrogen-bond acceptors (Lipinski definition) is 4. The topological polar surface area (TPSA) is 64.0 Å². The number of benzene rings is 3. The van der Waals surface area contributed by atoms with Crippen molar-refractivity contribution < 1.29 is 9.18 Å². The van der Waals surface area contributed by atoms with E-state index in [1.807, 2.05) is 38.1 Å².